The fourth-order valence-electron chi connectivity index (χ4n) is 1.80. The number of halogens is 4. The number of benzene rings is 2. The lowest BCUT2D eigenvalue weighted by molar-refractivity contribution is -0.354. The van der Waals surface area contributed by atoms with Crippen LogP contribution >= 0.6 is 11.6 Å². The van der Waals surface area contributed by atoms with Crippen LogP contribution in [0.2, 0.25) is 5.02 Å². The van der Waals surface area contributed by atoms with Crippen molar-refractivity contribution in [1.82, 2.24) is 0 Å². The molecule has 0 fully saturated rings. The third kappa shape index (κ3) is 3.76. The summed E-state index contributed by atoms with van der Waals surface area (Å²) < 4.78 is 38.3. The number of hydrogen-bond acceptors (Lipinski definition) is 1. The van der Waals surface area contributed by atoms with Crippen molar-refractivity contribution in [3.8, 4) is 0 Å². The Bertz CT molecular complexity index is 696. The molecule has 0 saturated heterocycles. The molecule has 110 valence electrons. The van der Waals surface area contributed by atoms with Gasteiger partial charge in [0.05, 0.1) is 5.56 Å². The Morgan fingerprint density at radius 3 is 2.48 bits per heavy atom. The Morgan fingerprint density at radius 1 is 1.14 bits per heavy atom. The van der Waals surface area contributed by atoms with Gasteiger partial charge >= 0.3 is 6.18 Å². The smallest absolute Gasteiger partial charge is 0.416 e. The highest BCUT2D eigenvalue weighted by molar-refractivity contribution is 6.30. The van der Waals surface area contributed by atoms with Crippen LogP contribution in [0.15, 0.2) is 42.5 Å². The summed E-state index contributed by atoms with van der Waals surface area (Å²) in [6.07, 6.45) is -3.26. The number of rotatable bonds is 2. The quantitative estimate of drug-likeness (QED) is 0.334. The van der Waals surface area contributed by atoms with Crippen molar-refractivity contribution < 1.29 is 17.9 Å². The van der Waals surface area contributed by atoms with Crippen molar-refractivity contribution >= 4 is 23.5 Å². The monoisotopic (exact) mass is 313 g/mol. The molecule has 0 aliphatic carbocycles. The molecule has 6 heteroatoms. The highest BCUT2D eigenvalue weighted by Gasteiger charge is 2.31. The summed E-state index contributed by atoms with van der Waals surface area (Å²) in [5.41, 5.74) is 0.406. The van der Waals surface area contributed by atoms with Crippen LogP contribution in [0.1, 0.15) is 16.7 Å². The average molecular weight is 314 g/mol. The molecule has 0 N–H and O–H groups in total. The normalized spacial score (nSPS) is 12.5. The predicted molar refractivity (Wildman–Crippen MR) is 76.1 cm³/mol. The molecule has 0 aliphatic rings. The van der Waals surface area contributed by atoms with Gasteiger partial charge in [0.15, 0.2) is 6.21 Å². The summed E-state index contributed by atoms with van der Waals surface area (Å²) in [5, 5.41) is 12.5. The minimum atomic E-state index is -4.48. The van der Waals surface area contributed by atoms with Crippen LogP contribution in [0.5, 0.6) is 0 Å². The first-order valence-corrected chi connectivity index (χ1v) is 6.40. The first-order valence-electron chi connectivity index (χ1n) is 6.02. The van der Waals surface area contributed by atoms with E-state index in [1.54, 1.807) is 25.1 Å². The molecule has 0 amide bonds. The standard InChI is InChI=1S/C15H11ClF3NO/c1-10-7-13(16)6-5-11(10)9-20(21)14-4-2-3-12(8-14)15(17,18)19/h2-9H,1H3. The molecule has 0 heterocycles. The Hall–Kier alpha value is -2.01. The third-order valence-corrected chi connectivity index (χ3v) is 3.15. The molecule has 0 aromatic heterocycles. The van der Waals surface area contributed by atoms with Crippen LogP contribution in [0.4, 0.5) is 18.9 Å². The first-order chi connectivity index (χ1) is 9.77. The maximum absolute atomic E-state index is 12.6. The van der Waals surface area contributed by atoms with Gasteiger partial charge in [-0.05, 0) is 36.8 Å². The van der Waals surface area contributed by atoms with Crippen molar-refractivity contribution in [1.29, 1.82) is 0 Å². The summed E-state index contributed by atoms with van der Waals surface area (Å²) in [4.78, 5) is 0. The van der Waals surface area contributed by atoms with Gasteiger partial charge in [0, 0.05) is 22.7 Å². The number of hydrogen-bond donors (Lipinski definition) is 0. The van der Waals surface area contributed by atoms with Crippen LogP contribution < -0.4 is 0 Å². The molecule has 0 aliphatic heterocycles. The second-order valence-electron chi connectivity index (χ2n) is 4.50. The molecule has 0 radical (unpaired) electrons. The van der Waals surface area contributed by atoms with Crippen LogP contribution in [-0.2, 0) is 6.18 Å². The second kappa shape index (κ2) is 5.77. The molecule has 21 heavy (non-hydrogen) atoms. The van der Waals surface area contributed by atoms with E-state index < -0.39 is 11.7 Å². The van der Waals surface area contributed by atoms with E-state index in [1.165, 1.54) is 18.3 Å². The second-order valence-corrected chi connectivity index (χ2v) is 4.94. The van der Waals surface area contributed by atoms with E-state index >= 15 is 0 Å². The van der Waals surface area contributed by atoms with Crippen molar-refractivity contribution in [2.24, 2.45) is 0 Å². The fourth-order valence-corrected chi connectivity index (χ4v) is 2.03. The third-order valence-electron chi connectivity index (χ3n) is 2.92. The lowest BCUT2D eigenvalue weighted by Gasteiger charge is -2.08. The maximum Gasteiger partial charge on any atom is 0.416 e. The van der Waals surface area contributed by atoms with Gasteiger partial charge in [-0.3, -0.25) is 0 Å². The highest BCUT2D eigenvalue weighted by Crippen LogP contribution is 2.31. The Labute approximate surface area is 124 Å². The van der Waals surface area contributed by atoms with E-state index in [-0.39, 0.29) is 5.69 Å². The lowest BCUT2D eigenvalue weighted by Crippen LogP contribution is -2.06. The predicted octanol–water partition coefficient (Wildman–Crippen LogP) is 4.93. The molecule has 0 unspecified atom stereocenters. The van der Waals surface area contributed by atoms with E-state index in [4.69, 9.17) is 11.6 Å². The van der Waals surface area contributed by atoms with Gasteiger partial charge < -0.3 is 5.21 Å². The molecule has 0 saturated carbocycles. The molecule has 0 atom stereocenters. The summed E-state index contributed by atoms with van der Waals surface area (Å²) in [7, 11) is 0. The van der Waals surface area contributed by atoms with Crippen LogP contribution in [-0.4, -0.2) is 11.0 Å². The molecule has 0 spiro atoms. The van der Waals surface area contributed by atoms with Gasteiger partial charge in [0.2, 0.25) is 5.69 Å². The molecule has 0 bridgehead atoms. The summed E-state index contributed by atoms with van der Waals surface area (Å²) in [6.45, 7) is 1.76. The van der Waals surface area contributed by atoms with E-state index in [0.29, 0.717) is 15.3 Å². The minimum absolute atomic E-state index is 0.0841. The van der Waals surface area contributed by atoms with Gasteiger partial charge in [0.25, 0.3) is 0 Å². The molecular formula is C15H11ClF3NO. The number of nitrogens with zero attached hydrogens (tertiary/aromatic N) is 1. The Balaban J connectivity index is 2.39. The minimum Gasteiger partial charge on any atom is -0.618 e. The molecular weight excluding hydrogens is 303 g/mol. The molecule has 2 aromatic rings. The molecule has 2 nitrogen and oxygen atoms in total. The fraction of sp³-hybridized carbons (Fsp3) is 0.133. The van der Waals surface area contributed by atoms with E-state index in [9.17, 15) is 18.4 Å². The lowest BCUT2D eigenvalue weighted by atomic mass is 10.1. The van der Waals surface area contributed by atoms with Crippen LogP contribution in [0, 0.1) is 12.1 Å². The molecule has 2 rings (SSSR count). The van der Waals surface area contributed by atoms with E-state index in [0.717, 1.165) is 17.7 Å². The van der Waals surface area contributed by atoms with Crippen LogP contribution in [0.25, 0.3) is 0 Å². The van der Waals surface area contributed by atoms with Crippen molar-refractivity contribution in [3.63, 3.8) is 0 Å². The molecule has 2 aromatic carbocycles. The van der Waals surface area contributed by atoms with Crippen molar-refractivity contribution in [2.45, 2.75) is 13.1 Å². The van der Waals surface area contributed by atoms with E-state index in [1.807, 2.05) is 0 Å². The highest BCUT2D eigenvalue weighted by atomic mass is 35.5. The van der Waals surface area contributed by atoms with Crippen molar-refractivity contribution in [2.75, 3.05) is 0 Å². The van der Waals surface area contributed by atoms with Gasteiger partial charge in [-0.15, -0.1) is 0 Å². The van der Waals surface area contributed by atoms with Crippen molar-refractivity contribution in [3.05, 3.63) is 69.4 Å². The SMILES string of the molecule is Cc1cc(Cl)ccc1C=[N+]([O-])c1cccc(C(F)(F)F)c1. The first kappa shape index (κ1) is 15.4. The van der Waals surface area contributed by atoms with Crippen LogP contribution in [0.3, 0.4) is 0 Å². The number of aryl methyl sites for hydroxylation is 1. The average Bonchev–Trinajstić information content (AvgIpc) is 2.41. The van der Waals surface area contributed by atoms with Gasteiger partial charge in [0.1, 0.15) is 0 Å². The maximum atomic E-state index is 12.6. The Morgan fingerprint density at radius 2 is 1.86 bits per heavy atom. The largest absolute Gasteiger partial charge is 0.618 e. The van der Waals surface area contributed by atoms with Gasteiger partial charge in [-0.1, -0.05) is 17.7 Å². The zero-order valence-corrected chi connectivity index (χ0v) is 11.7. The number of alkyl halides is 3. The van der Waals surface area contributed by atoms with Gasteiger partial charge in [-0.25, -0.2) is 0 Å². The Kier molecular flexibility index (Phi) is 4.23. The zero-order valence-electron chi connectivity index (χ0n) is 11.0. The summed E-state index contributed by atoms with van der Waals surface area (Å²) in [6, 6.07) is 9.18. The zero-order chi connectivity index (χ0) is 15.6. The van der Waals surface area contributed by atoms with Gasteiger partial charge in [-0.2, -0.15) is 17.9 Å². The topological polar surface area (TPSA) is 26.1 Å². The summed E-state index contributed by atoms with van der Waals surface area (Å²) in [5.74, 6) is 0. The summed E-state index contributed by atoms with van der Waals surface area (Å²) >= 11 is 5.81. The van der Waals surface area contributed by atoms with E-state index in [2.05, 4.69) is 0 Å².